The van der Waals surface area contributed by atoms with Crippen LogP contribution in [-0.4, -0.2) is 14.1 Å². The van der Waals surface area contributed by atoms with E-state index in [0.29, 0.717) is 27.2 Å². The fraction of sp³-hybridized carbons (Fsp3) is 0.143. The standard InChI is InChI=1S/C28H22ClN3O2/c1-17-14-32(16-30-17)28-19-6-8-25(29)21(10-19)15-34-22-5-3-4-18(11-22)23-13-27(33)31(2)26-9-7-20(28)12-24(23)26/h3-14,16,28H,15H2,1-2H3/t28-/m1/s1/i2D3. The third kappa shape index (κ3) is 3.40. The quantitative estimate of drug-likeness (QED) is 0.307. The summed E-state index contributed by atoms with van der Waals surface area (Å²) in [7, 11) is 0. The van der Waals surface area contributed by atoms with Crippen LogP contribution in [0.5, 0.6) is 5.75 Å². The lowest BCUT2D eigenvalue weighted by molar-refractivity contribution is 0.306. The Hall–Kier alpha value is -3.83. The number of hydrogen-bond acceptors (Lipinski definition) is 3. The number of halogens is 1. The van der Waals surface area contributed by atoms with Crippen LogP contribution in [0.3, 0.4) is 0 Å². The molecule has 6 rings (SSSR count). The van der Waals surface area contributed by atoms with Crippen molar-refractivity contribution in [2.75, 3.05) is 0 Å². The van der Waals surface area contributed by atoms with Gasteiger partial charge in [-0.15, -0.1) is 0 Å². The summed E-state index contributed by atoms with van der Waals surface area (Å²) >= 11 is 6.55. The predicted molar refractivity (Wildman–Crippen MR) is 135 cm³/mol. The van der Waals surface area contributed by atoms with Crippen molar-refractivity contribution in [3.63, 3.8) is 0 Å². The summed E-state index contributed by atoms with van der Waals surface area (Å²) in [6.45, 7) is -0.438. The Labute approximate surface area is 206 Å². The molecule has 0 spiro atoms. The van der Waals surface area contributed by atoms with Crippen molar-refractivity contribution in [3.8, 4) is 16.9 Å². The van der Waals surface area contributed by atoms with E-state index in [4.69, 9.17) is 20.5 Å². The largest absolute Gasteiger partial charge is 0.489 e. The van der Waals surface area contributed by atoms with Gasteiger partial charge in [-0.3, -0.25) is 4.79 Å². The van der Waals surface area contributed by atoms with Crippen molar-refractivity contribution >= 4 is 22.5 Å². The minimum atomic E-state index is -2.63. The number of ether oxygens (including phenoxy) is 1. The van der Waals surface area contributed by atoms with Gasteiger partial charge in [0.1, 0.15) is 12.4 Å². The summed E-state index contributed by atoms with van der Waals surface area (Å²) in [6.07, 6.45) is 3.74. The third-order valence-corrected chi connectivity index (χ3v) is 6.68. The molecule has 0 saturated heterocycles. The van der Waals surface area contributed by atoms with Gasteiger partial charge < -0.3 is 13.9 Å². The number of rotatable bonds is 1. The first kappa shape index (κ1) is 17.6. The number of hydrogen-bond donors (Lipinski definition) is 0. The number of aromatic nitrogens is 3. The second kappa shape index (κ2) is 7.89. The zero-order valence-electron chi connectivity index (χ0n) is 21.3. The van der Waals surface area contributed by atoms with E-state index < -0.39 is 12.5 Å². The van der Waals surface area contributed by atoms with E-state index in [1.165, 1.54) is 6.07 Å². The highest BCUT2D eigenvalue weighted by molar-refractivity contribution is 6.31. The van der Waals surface area contributed by atoms with E-state index in [0.717, 1.165) is 32.5 Å². The summed E-state index contributed by atoms with van der Waals surface area (Å²) in [4.78, 5) is 17.5. The van der Waals surface area contributed by atoms with E-state index in [-0.39, 0.29) is 12.6 Å². The molecule has 0 N–H and O–H groups in total. The Kier molecular flexibility index (Phi) is 4.09. The molecule has 0 unspecified atom stereocenters. The minimum absolute atomic E-state index is 0.263. The lowest BCUT2D eigenvalue weighted by Gasteiger charge is -2.22. The van der Waals surface area contributed by atoms with Gasteiger partial charge in [-0.1, -0.05) is 35.9 Å². The van der Waals surface area contributed by atoms with Crippen LogP contribution < -0.4 is 10.3 Å². The highest BCUT2D eigenvalue weighted by atomic mass is 35.5. The molecule has 0 fully saturated rings. The second-order valence-corrected chi connectivity index (χ2v) is 8.95. The molecular formula is C28H22ClN3O2. The Bertz CT molecular complexity index is 1740. The summed E-state index contributed by atoms with van der Waals surface area (Å²) in [6, 6.07) is 20.0. The molecule has 0 aliphatic carbocycles. The summed E-state index contributed by atoms with van der Waals surface area (Å²) in [5, 5.41) is 1.25. The van der Waals surface area contributed by atoms with Crippen molar-refractivity contribution in [1.82, 2.24) is 14.1 Å². The molecule has 1 aliphatic rings. The van der Waals surface area contributed by atoms with Gasteiger partial charge in [0.25, 0.3) is 5.56 Å². The van der Waals surface area contributed by atoms with Gasteiger partial charge in [-0.25, -0.2) is 4.98 Å². The first-order valence-electron chi connectivity index (χ1n) is 12.4. The van der Waals surface area contributed by atoms with E-state index in [1.807, 2.05) is 72.3 Å². The highest BCUT2D eigenvalue weighted by Crippen LogP contribution is 2.36. The number of fused-ring (bicyclic) bond motifs is 6. The van der Waals surface area contributed by atoms with Crippen LogP contribution in [0.1, 0.15) is 32.5 Å². The SMILES string of the molecule is [2H]C([2H])([2H])n1c(=O)cc2c3cc(ccc31)[C@H](n1cnc(C)c1)c1ccc(Cl)c(c1)COc1cccc-2c1. The highest BCUT2D eigenvalue weighted by Gasteiger charge is 2.21. The summed E-state index contributed by atoms with van der Waals surface area (Å²) in [5.41, 5.74) is 4.72. The fourth-order valence-electron chi connectivity index (χ4n) is 4.67. The Morgan fingerprint density at radius 1 is 1.09 bits per heavy atom. The van der Waals surface area contributed by atoms with Crippen LogP contribution in [0.4, 0.5) is 0 Å². The van der Waals surface area contributed by atoms with Crippen molar-refractivity contribution < 1.29 is 8.85 Å². The van der Waals surface area contributed by atoms with Gasteiger partial charge in [0.2, 0.25) is 0 Å². The van der Waals surface area contributed by atoms with Crippen molar-refractivity contribution in [2.24, 2.45) is 6.98 Å². The zero-order valence-corrected chi connectivity index (χ0v) is 19.1. The molecule has 34 heavy (non-hydrogen) atoms. The van der Waals surface area contributed by atoms with Crippen LogP contribution in [0, 0.1) is 6.92 Å². The molecule has 6 bridgehead atoms. The lowest BCUT2D eigenvalue weighted by Crippen LogP contribution is -2.17. The summed E-state index contributed by atoms with van der Waals surface area (Å²) in [5.74, 6) is 0.615. The van der Waals surface area contributed by atoms with E-state index in [9.17, 15) is 4.79 Å². The van der Waals surface area contributed by atoms with E-state index in [2.05, 4.69) is 4.98 Å². The first-order chi connectivity index (χ1) is 17.7. The third-order valence-electron chi connectivity index (χ3n) is 6.31. The van der Waals surface area contributed by atoms with Gasteiger partial charge in [-0.2, -0.15) is 0 Å². The number of imidazole rings is 1. The molecule has 0 amide bonds. The molecule has 1 aliphatic heterocycles. The summed E-state index contributed by atoms with van der Waals surface area (Å²) < 4.78 is 33.1. The van der Waals surface area contributed by atoms with Crippen molar-refractivity contribution in [1.29, 1.82) is 0 Å². The minimum Gasteiger partial charge on any atom is -0.489 e. The molecule has 168 valence electrons. The van der Waals surface area contributed by atoms with Gasteiger partial charge in [0, 0.05) is 39.3 Å². The van der Waals surface area contributed by atoms with Crippen LogP contribution in [0.15, 0.2) is 84.0 Å². The van der Waals surface area contributed by atoms with E-state index in [1.54, 1.807) is 12.4 Å². The molecule has 6 heteroatoms. The monoisotopic (exact) mass is 470 g/mol. The lowest BCUT2D eigenvalue weighted by atomic mass is 9.93. The Balaban J connectivity index is 1.73. The van der Waals surface area contributed by atoms with Crippen LogP contribution in [0.2, 0.25) is 5.02 Å². The normalized spacial score (nSPS) is 16.5. The van der Waals surface area contributed by atoms with Gasteiger partial charge in [-0.05, 0) is 65.6 Å². The maximum atomic E-state index is 13.1. The average Bonchev–Trinajstić information content (AvgIpc) is 3.28. The Morgan fingerprint density at radius 2 is 1.94 bits per heavy atom. The van der Waals surface area contributed by atoms with Gasteiger partial charge in [0.15, 0.2) is 0 Å². The molecule has 2 aromatic heterocycles. The second-order valence-electron chi connectivity index (χ2n) is 8.54. The predicted octanol–water partition coefficient (Wildman–Crippen LogP) is 5.89. The zero-order chi connectivity index (χ0) is 25.9. The van der Waals surface area contributed by atoms with Crippen molar-refractivity contribution in [2.45, 2.75) is 19.6 Å². The van der Waals surface area contributed by atoms with Crippen molar-refractivity contribution in [3.05, 3.63) is 117 Å². The molecular weight excluding hydrogens is 446 g/mol. The molecule has 5 aromatic rings. The maximum absolute atomic E-state index is 13.1. The van der Waals surface area contributed by atoms with Crippen LogP contribution in [-0.2, 0) is 13.6 Å². The van der Waals surface area contributed by atoms with Gasteiger partial charge in [0.05, 0.1) is 23.6 Å². The molecule has 3 aromatic carbocycles. The van der Waals surface area contributed by atoms with Crippen LogP contribution in [0.25, 0.3) is 22.0 Å². The molecule has 5 nitrogen and oxygen atoms in total. The maximum Gasteiger partial charge on any atom is 0.251 e. The molecule has 0 radical (unpaired) electrons. The topological polar surface area (TPSA) is 49.0 Å². The van der Waals surface area contributed by atoms with Crippen LogP contribution >= 0.6 is 11.6 Å². The molecule has 3 heterocycles. The molecule has 0 saturated carbocycles. The number of nitrogens with zero attached hydrogens (tertiary/aromatic N) is 3. The number of benzene rings is 3. The number of pyridine rings is 1. The fourth-order valence-corrected chi connectivity index (χ4v) is 4.84. The first-order valence-corrected chi connectivity index (χ1v) is 11.3. The molecule has 1 atom stereocenters. The average molecular weight is 471 g/mol. The van der Waals surface area contributed by atoms with Gasteiger partial charge >= 0.3 is 0 Å². The smallest absolute Gasteiger partial charge is 0.251 e. The van der Waals surface area contributed by atoms with E-state index >= 15 is 0 Å². The number of aryl methyl sites for hydroxylation is 2. The Morgan fingerprint density at radius 3 is 2.76 bits per heavy atom.